The van der Waals surface area contributed by atoms with Crippen LogP contribution in [0.3, 0.4) is 0 Å². The summed E-state index contributed by atoms with van der Waals surface area (Å²) in [5.74, 6) is 1.35. The van der Waals surface area contributed by atoms with Gasteiger partial charge in [-0.1, -0.05) is 200 Å². The first-order valence-corrected chi connectivity index (χ1v) is 31.6. The van der Waals surface area contributed by atoms with Crippen molar-refractivity contribution in [2.45, 2.75) is 72.6 Å². The molecule has 0 amide bonds. The molecular weight excluding hydrogens is 1060 g/mol. The van der Waals surface area contributed by atoms with Gasteiger partial charge in [-0.15, -0.1) is 0 Å². The van der Waals surface area contributed by atoms with E-state index >= 15 is 0 Å². The van der Waals surface area contributed by atoms with Gasteiger partial charge in [-0.3, -0.25) is 0 Å². The lowest BCUT2D eigenvalue weighted by Gasteiger charge is -2.18. The molecule has 16 aromatic rings. The Morgan fingerprint density at radius 2 is 0.523 bits per heavy atom. The lowest BCUT2D eigenvalue weighted by molar-refractivity contribution is 0.868. The third-order valence-electron chi connectivity index (χ3n) is 19.2. The van der Waals surface area contributed by atoms with E-state index in [9.17, 15) is 0 Å². The van der Waals surface area contributed by atoms with Crippen molar-refractivity contribution in [3.8, 4) is 61.6 Å². The van der Waals surface area contributed by atoms with Crippen LogP contribution in [-0.2, 0) is 6.42 Å². The maximum absolute atomic E-state index is 2.47. The summed E-state index contributed by atoms with van der Waals surface area (Å²) in [5.41, 5.74) is 25.9. The Kier molecular flexibility index (Phi) is 12.7. The van der Waals surface area contributed by atoms with Crippen molar-refractivity contribution in [2.24, 2.45) is 0 Å². The fourth-order valence-corrected chi connectivity index (χ4v) is 14.4. The molecule has 0 spiro atoms. The van der Waals surface area contributed by atoms with E-state index in [2.05, 4.69) is 323 Å². The van der Waals surface area contributed by atoms with Crippen LogP contribution in [0.1, 0.15) is 88.5 Å². The summed E-state index contributed by atoms with van der Waals surface area (Å²) in [6.45, 7) is 16.0. The molecule has 0 bridgehead atoms. The van der Waals surface area contributed by atoms with Crippen molar-refractivity contribution in [3.05, 3.63) is 283 Å². The number of rotatable bonds is 11. The molecule has 3 heterocycles. The zero-order valence-corrected chi connectivity index (χ0v) is 51.1. The van der Waals surface area contributed by atoms with Gasteiger partial charge in [0.1, 0.15) is 0 Å². The van der Waals surface area contributed by atoms with E-state index in [1.807, 2.05) is 0 Å². The van der Waals surface area contributed by atoms with Gasteiger partial charge in [0.25, 0.3) is 0 Å². The summed E-state index contributed by atoms with van der Waals surface area (Å²) in [5, 5.41) is 12.7. The standard InChI is InChI=1S/C85H69N3/c1-8-55-22-40-78-72(46-55)73-47-60(52(2)3)29-41-79(73)86(78)65-34-23-56(24-35-65)63-32-44-82-76(50-63)77-51-64(57-25-36-66(37-26-57)87-80-42-30-61(53(4)5)48-74(80)75-49-62(54(6)7)31-43-81(75)87)33-45-83(77)88(82)67-38-27-59(28-39-67)85-70-20-14-12-18-68(70)84(58-16-10-9-11-17-58)69-19-13-15-21-71(69)85/h9-54H,8H2,1-7H3. The molecule has 3 aromatic heterocycles. The monoisotopic (exact) mass is 1130 g/mol. The Balaban J connectivity index is 0.828. The SMILES string of the molecule is CCc1ccc2c(c1)c1cc(C(C)C)ccc1n2-c1ccc(-c2ccc3c(c2)c2cc(-c4ccc(-n5c6ccc(C(C)C)cc6c6cc(C(C)C)ccc65)cc4)ccc2n3-c2ccc(-c3c4ccccc4c(-c4ccccc4)c4ccccc34)cc2)cc1. The molecule has 0 N–H and O–H groups in total. The van der Waals surface area contributed by atoms with Gasteiger partial charge in [0.15, 0.2) is 0 Å². The van der Waals surface area contributed by atoms with Crippen LogP contribution in [0.5, 0.6) is 0 Å². The Morgan fingerprint density at radius 3 is 0.875 bits per heavy atom. The highest BCUT2D eigenvalue weighted by Crippen LogP contribution is 2.46. The third kappa shape index (κ3) is 8.62. The van der Waals surface area contributed by atoms with Gasteiger partial charge >= 0.3 is 0 Å². The van der Waals surface area contributed by atoms with Gasteiger partial charge in [0.05, 0.1) is 33.1 Å². The third-order valence-corrected chi connectivity index (χ3v) is 19.2. The molecule has 3 heteroatoms. The van der Waals surface area contributed by atoms with Crippen LogP contribution in [0.25, 0.3) is 149 Å². The Bertz CT molecular complexity index is 5290. The molecule has 3 nitrogen and oxygen atoms in total. The topological polar surface area (TPSA) is 14.8 Å². The molecule has 16 rings (SSSR count). The van der Waals surface area contributed by atoms with E-state index in [1.165, 1.54) is 154 Å². The summed E-state index contributed by atoms with van der Waals surface area (Å²) in [6, 6.07) is 98.9. The molecule has 0 aliphatic rings. The minimum Gasteiger partial charge on any atom is -0.309 e. The highest BCUT2D eigenvalue weighted by atomic mass is 15.0. The molecule has 0 saturated carbocycles. The van der Waals surface area contributed by atoms with Gasteiger partial charge in [-0.05, 0) is 222 Å². The van der Waals surface area contributed by atoms with Crippen molar-refractivity contribution in [2.75, 3.05) is 0 Å². The number of aromatic nitrogens is 3. The first-order chi connectivity index (χ1) is 43.1. The van der Waals surface area contributed by atoms with Crippen molar-refractivity contribution >= 4 is 87.0 Å². The van der Waals surface area contributed by atoms with Crippen molar-refractivity contribution < 1.29 is 0 Å². The molecule has 0 radical (unpaired) electrons. The van der Waals surface area contributed by atoms with Gasteiger partial charge in [0.2, 0.25) is 0 Å². The van der Waals surface area contributed by atoms with Crippen molar-refractivity contribution in [3.63, 3.8) is 0 Å². The maximum atomic E-state index is 2.47. The van der Waals surface area contributed by atoms with E-state index in [4.69, 9.17) is 0 Å². The van der Waals surface area contributed by atoms with E-state index in [0.717, 1.165) is 23.5 Å². The second-order valence-corrected chi connectivity index (χ2v) is 25.3. The Hall–Kier alpha value is -10.2. The van der Waals surface area contributed by atoms with Gasteiger partial charge in [-0.25, -0.2) is 0 Å². The number of hydrogen-bond donors (Lipinski definition) is 0. The van der Waals surface area contributed by atoms with Crippen molar-refractivity contribution in [1.29, 1.82) is 0 Å². The number of aryl methyl sites for hydroxylation is 1. The van der Waals surface area contributed by atoms with Crippen LogP contribution >= 0.6 is 0 Å². The first-order valence-electron chi connectivity index (χ1n) is 31.6. The summed E-state index contributed by atoms with van der Waals surface area (Å²) >= 11 is 0. The molecule has 0 atom stereocenters. The lowest BCUT2D eigenvalue weighted by atomic mass is 9.86. The predicted octanol–water partition coefficient (Wildman–Crippen LogP) is 23.9. The van der Waals surface area contributed by atoms with E-state index in [1.54, 1.807) is 0 Å². The lowest BCUT2D eigenvalue weighted by Crippen LogP contribution is -1.95. The quantitative estimate of drug-likeness (QED) is 0.115. The summed E-state index contributed by atoms with van der Waals surface area (Å²) in [6.07, 6.45) is 1.01. The van der Waals surface area contributed by atoms with E-state index in [-0.39, 0.29) is 0 Å². The van der Waals surface area contributed by atoms with Crippen LogP contribution in [0.15, 0.2) is 261 Å². The largest absolute Gasteiger partial charge is 0.309 e. The highest BCUT2D eigenvalue weighted by molar-refractivity contribution is 6.22. The zero-order chi connectivity index (χ0) is 59.5. The molecular formula is C85H69N3. The van der Waals surface area contributed by atoms with E-state index < -0.39 is 0 Å². The van der Waals surface area contributed by atoms with Gasteiger partial charge in [-0.2, -0.15) is 0 Å². The minimum atomic E-state index is 0.447. The number of hydrogen-bond acceptors (Lipinski definition) is 0. The number of benzene rings is 13. The van der Waals surface area contributed by atoms with Crippen LogP contribution in [-0.4, -0.2) is 13.7 Å². The maximum Gasteiger partial charge on any atom is 0.0541 e. The van der Waals surface area contributed by atoms with Gasteiger partial charge in [0, 0.05) is 49.4 Å². The zero-order valence-electron chi connectivity index (χ0n) is 51.1. The molecule has 0 fully saturated rings. The molecule has 424 valence electrons. The second kappa shape index (κ2) is 21.0. The molecule has 0 aliphatic carbocycles. The molecule has 13 aromatic carbocycles. The van der Waals surface area contributed by atoms with E-state index in [0.29, 0.717) is 17.8 Å². The minimum absolute atomic E-state index is 0.447. The van der Waals surface area contributed by atoms with Gasteiger partial charge < -0.3 is 13.7 Å². The van der Waals surface area contributed by atoms with Crippen molar-refractivity contribution in [1.82, 2.24) is 13.7 Å². The normalized spacial score (nSPS) is 12.2. The predicted molar refractivity (Wildman–Crippen MR) is 378 cm³/mol. The Morgan fingerprint density at radius 1 is 0.239 bits per heavy atom. The van der Waals surface area contributed by atoms with Crippen LogP contribution in [0.2, 0.25) is 0 Å². The summed E-state index contributed by atoms with van der Waals surface area (Å²) in [4.78, 5) is 0. The number of fused-ring (bicyclic) bond motifs is 11. The van der Waals surface area contributed by atoms with Crippen LogP contribution in [0, 0.1) is 0 Å². The first kappa shape index (κ1) is 53.3. The average molecular weight is 1130 g/mol. The molecule has 88 heavy (non-hydrogen) atoms. The molecule has 0 saturated heterocycles. The smallest absolute Gasteiger partial charge is 0.0541 e. The Labute approximate surface area is 515 Å². The molecule has 0 aliphatic heterocycles. The fourth-order valence-electron chi connectivity index (χ4n) is 14.4. The highest BCUT2D eigenvalue weighted by Gasteiger charge is 2.22. The molecule has 0 unspecified atom stereocenters. The second-order valence-electron chi connectivity index (χ2n) is 25.3. The average Bonchev–Trinajstić information content (AvgIpc) is 2.67. The summed E-state index contributed by atoms with van der Waals surface area (Å²) < 4.78 is 7.38. The van der Waals surface area contributed by atoms with Crippen LogP contribution < -0.4 is 0 Å². The fraction of sp³-hybridized carbons (Fsp3) is 0.129. The number of nitrogens with zero attached hydrogens (tertiary/aromatic N) is 3. The van der Waals surface area contributed by atoms with Crippen LogP contribution in [0.4, 0.5) is 0 Å². The summed E-state index contributed by atoms with van der Waals surface area (Å²) in [7, 11) is 0.